The van der Waals surface area contributed by atoms with E-state index < -0.39 is 0 Å². The van der Waals surface area contributed by atoms with Gasteiger partial charge in [-0.05, 0) is 56.4 Å². The second-order valence-electron chi connectivity index (χ2n) is 7.90. The van der Waals surface area contributed by atoms with Crippen LogP contribution in [0.5, 0.6) is 0 Å². The first-order chi connectivity index (χ1) is 14.1. The molecule has 146 valence electrons. The van der Waals surface area contributed by atoms with E-state index in [2.05, 4.69) is 52.1 Å². The second-order valence-corrected chi connectivity index (χ2v) is 7.90. The number of hydrogen-bond acceptors (Lipinski definition) is 4. The van der Waals surface area contributed by atoms with E-state index in [1.807, 2.05) is 36.1 Å². The fourth-order valence-electron chi connectivity index (χ4n) is 4.58. The molecule has 0 N–H and O–H groups in total. The normalized spacial score (nSPS) is 17.8. The Morgan fingerprint density at radius 3 is 2.55 bits per heavy atom. The predicted octanol–water partition coefficient (Wildman–Crippen LogP) is 4.46. The second kappa shape index (κ2) is 6.99. The molecule has 0 aliphatic carbocycles. The molecule has 0 saturated carbocycles. The number of aryl methyl sites for hydroxylation is 2. The molecule has 1 aromatic heterocycles. The van der Waals surface area contributed by atoms with Gasteiger partial charge in [-0.25, -0.2) is 9.97 Å². The van der Waals surface area contributed by atoms with Crippen molar-refractivity contribution in [1.82, 2.24) is 9.97 Å². The molecule has 3 aromatic rings. The topological polar surface area (TPSA) is 49.3 Å². The number of amides is 1. The number of para-hydroxylation sites is 2. The monoisotopic (exact) mass is 384 g/mol. The maximum Gasteiger partial charge on any atom is 0.277 e. The van der Waals surface area contributed by atoms with Crippen LogP contribution < -0.4 is 9.80 Å². The standard InChI is InChI=1S/C24H24N4O/c1-16-14-19-9-4-6-12-22(19)28(16)23-15-20(25-17(2)26-23)24(29)27-13-7-10-18-8-3-5-11-21(18)27/h3-6,8-9,11-12,15-16H,7,10,13-14H2,1-2H3. The van der Waals surface area contributed by atoms with Crippen molar-refractivity contribution in [2.75, 3.05) is 16.3 Å². The Balaban J connectivity index is 1.54. The number of anilines is 3. The van der Waals surface area contributed by atoms with E-state index in [1.54, 1.807) is 0 Å². The molecule has 1 amide bonds. The fourth-order valence-corrected chi connectivity index (χ4v) is 4.58. The number of aromatic nitrogens is 2. The number of hydrogen-bond donors (Lipinski definition) is 0. The van der Waals surface area contributed by atoms with Gasteiger partial charge in [-0.2, -0.15) is 0 Å². The zero-order valence-electron chi connectivity index (χ0n) is 16.8. The van der Waals surface area contributed by atoms with Gasteiger partial charge in [0, 0.05) is 30.0 Å². The Morgan fingerprint density at radius 1 is 1.00 bits per heavy atom. The first-order valence-electron chi connectivity index (χ1n) is 10.2. The summed E-state index contributed by atoms with van der Waals surface area (Å²) in [5.41, 5.74) is 5.16. The van der Waals surface area contributed by atoms with Crippen LogP contribution in [0.1, 0.15) is 40.8 Å². The lowest BCUT2D eigenvalue weighted by Gasteiger charge is -2.30. The van der Waals surface area contributed by atoms with Crippen molar-refractivity contribution in [3.8, 4) is 0 Å². The van der Waals surface area contributed by atoms with Crippen LogP contribution in [0.4, 0.5) is 17.2 Å². The minimum absolute atomic E-state index is 0.0518. The predicted molar refractivity (Wildman–Crippen MR) is 115 cm³/mol. The van der Waals surface area contributed by atoms with Crippen LogP contribution in [0.25, 0.3) is 0 Å². The summed E-state index contributed by atoms with van der Waals surface area (Å²) >= 11 is 0. The molecule has 0 spiro atoms. The van der Waals surface area contributed by atoms with E-state index in [4.69, 9.17) is 0 Å². The average Bonchev–Trinajstić information content (AvgIpc) is 3.08. The Bertz CT molecular complexity index is 1090. The largest absolute Gasteiger partial charge is 0.323 e. The van der Waals surface area contributed by atoms with Crippen LogP contribution in [-0.4, -0.2) is 28.5 Å². The molecule has 2 aromatic carbocycles. The number of fused-ring (bicyclic) bond motifs is 2. The Morgan fingerprint density at radius 2 is 1.72 bits per heavy atom. The van der Waals surface area contributed by atoms with Crippen LogP contribution in [-0.2, 0) is 12.8 Å². The van der Waals surface area contributed by atoms with E-state index in [9.17, 15) is 4.79 Å². The van der Waals surface area contributed by atoms with Gasteiger partial charge in [0.05, 0.1) is 0 Å². The first-order valence-corrected chi connectivity index (χ1v) is 10.2. The van der Waals surface area contributed by atoms with Gasteiger partial charge in [0.2, 0.25) is 0 Å². The molecular formula is C24H24N4O. The molecule has 2 aliphatic heterocycles. The quantitative estimate of drug-likeness (QED) is 0.654. The lowest BCUT2D eigenvalue weighted by Crippen LogP contribution is -2.36. The number of rotatable bonds is 2. The highest BCUT2D eigenvalue weighted by Gasteiger charge is 2.30. The van der Waals surface area contributed by atoms with Gasteiger partial charge in [-0.15, -0.1) is 0 Å². The smallest absolute Gasteiger partial charge is 0.277 e. The van der Waals surface area contributed by atoms with Gasteiger partial charge < -0.3 is 9.80 Å². The maximum absolute atomic E-state index is 13.4. The summed E-state index contributed by atoms with van der Waals surface area (Å²) < 4.78 is 0. The molecule has 5 nitrogen and oxygen atoms in total. The summed E-state index contributed by atoms with van der Waals surface area (Å²) in [4.78, 5) is 26.7. The Kier molecular flexibility index (Phi) is 4.31. The number of benzene rings is 2. The molecule has 1 unspecified atom stereocenters. The molecule has 0 bridgehead atoms. The SMILES string of the molecule is Cc1nc(C(=O)N2CCCc3ccccc32)cc(N2c3ccccc3CC2C)n1. The zero-order valence-corrected chi connectivity index (χ0v) is 16.8. The third-order valence-electron chi connectivity index (χ3n) is 5.85. The number of carbonyl (C=O) groups is 1. The van der Waals surface area contributed by atoms with Crippen LogP contribution in [0.3, 0.4) is 0 Å². The van der Waals surface area contributed by atoms with E-state index in [0.717, 1.165) is 37.3 Å². The molecular weight excluding hydrogens is 360 g/mol. The lowest BCUT2D eigenvalue weighted by molar-refractivity contribution is 0.0980. The lowest BCUT2D eigenvalue weighted by atomic mass is 10.0. The number of nitrogens with zero attached hydrogens (tertiary/aromatic N) is 4. The van der Waals surface area contributed by atoms with Gasteiger partial charge in [0.15, 0.2) is 0 Å². The minimum atomic E-state index is -0.0518. The summed E-state index contributed by atoms with van der Waals surface area (Å²) in [6, 6.07) is 18.7. The third-order valence-corrected chi connectivity index (χ3v) is 5.85. The van der Waals surface area contributed by atoms with Crippen molar-refractivity contribution >= 4 is 23.1 Å². The summed E-state index contributed by atoms with van der Waals surface area (Å²) in [5, 5.41) is 0. The van der Waals surface area contributed by atoms with Crippen molar-refractivity contribution in [2.45, 2.75) is 39.2 Å². The Hall–Kier alpha value is -3.21. The molecule has 1 atom stereocenters. The van der Waals surface area contributed by atoms with E-state index >= 15 is 0 Å². The molecule has 0 saturated heterocycles. The van der Waals surface area contributed by atoms with Crippen molar-refractivity contribution in [3.63, 3.8) is 0 Å². The highest BCUT2D eigenvalue weighted by molar-refractivity contribution is 6.06. The van der Waals surface area contributed by atoms with Crippen LogP contribution in [0.2, 0.25) is 0 Å². The fraction of sp³-hybridized carbons (Fsp3) is 0.292. The highest BCUT2D eigenvalue weighted by atomic mass is 16.2. The third kappa shape index (κ3) is 3.07. The van der Waals surface area contributed by atoms with Crippen LogP contribution >= 0.6 is 0 Å². The molecule has 2 aliphatic rings. The Labute approximate surface area is 171 Å². The summed E-state index contributed by atoms with van der Waals surface area (Å²) in [6.07, 6.45) is 2.95. The average molecular weight is 384 g/mol. The number of carbonyl (C=O) groups excluding carboxylic acids is 1. The van der Waals surface area contributed by atoms with Gasteiger partial charge in [0.25, 0.3) is 5.91 Å². The van der Waals surface area contributed by atoms with Crippen molar-refractivity contribution in [3.05, 3.63) is 77.2 Å². The summed E-state index contributed by atoms with van der Waals surface area (Å²) in [6.45, 7) is 4.77. The summed E-state index contributed by atoms with van der Waals surface area (Å²) in [7, 11) is 0. The van der Waals surface area contributed by atoms with E-state index in [1.165, 1.54) is 16.8 Å². The summed E-state index contributed by atoms with van der Waals surface area (Å²) in [5.74, 6) is 1.36. The van der Waals surface area contributed by atoms with Crippen molar-refractivity contribution in [1.29, 1.82) is 0 Å². The van der Waals surface area contributed by atoms with Gasteiger partial charge in [-0.1, -0.05) is 36.4 Å². The first kappa shape index (κ1) is 17.9. The van der Waals surface area contributed by atoms with E-state index in [0.29, 0.717) is 17.6 Å². The van der Waals surface area contributed by atoms with Gasteiger partial charge >= 0.3 is 0 Å². The van der Waals surface area contributed by atoms with Gasteiger partial charge in [0.1, 0.15) is 17.3 Å². The molecule has 29 heavy (non-hydrogen) atoms. The molecule has 5 heteroatoms. The molecule has 3 heterocycles. The maximum atomic E-state index is 13.4. The molecule has 0 radical (unpaired) electrons. The van der Waals surface area contributed by atoms with Crippen molar-refractivity contribution < 1.29 is 4.79 Å². The van der Waals surface area contributed by atoms with Crippen LogP contribution in [0.15, 0.2) is 54.6 Å². The van der Waals surface area contributed by atoms with Crippen molar-refractivity contribution in [2.24, 2.45) is 0 Å². The van der Waals surface area contributed by atoms with Gasteiger partial charge in [-0.3, -0.25) is 4.79 Å². The van der Waals surface area contributed by atoms with Crippen LogP contribution in [0, 0.1) is 6.92 Å². The highest BCUT2D eigenvalue weighted by Crippen LogP contribution is 2.37. The van der Waals surface area contributed by atoms with E-state index in [-0.39, 0.29) is 5.91 Å². The minimum Gasteiger partial charge on any atom is -0.323 e. The zero-order chi connectivity index (χ0) is 20.0. The molecule has 5 rings (SSSR count). The molecule has 0 fully saturated rings.